The highest BCUT2D eigenvalue weighted by atomic mass is 16.5. The molecule has 1 heterocycles. The number of ether oxygens (including phenoxy) is 1. The summed E-state index contributed by atoms with van der Waals surface area (Å²) < 4.78 is 5.02. The van der Waals surface area contributed by atoms with Crippen molar-refractivity contribution in [2.24, 2.45) is 0 Å². The standard InChI is InChI=1S/C14H13N3O3/c18-13(12-10-15-6-7-16-12)17-8-9-20-14(19)11-4-2-1-3-5-11/h1-7,10H,8-9H2,(H,17,18). The zero-order chi connectivity index (χ0) is 14.2. The fourth-order valence-electron chi connectivity index (χ4n) is 1.47. The van der Waals surface area contributed by atoms with Crippen LogP contribution in [0.2, 0.25) is 0 Å². The Hall–Kier alpha value is -2.76. The Bertz CT molecular complexity index is 519. The van der Waals surface area contributed by atoms with Gasteiger partial charge in [-0.1, -0.05) is 18.2 Å². The van der Waals surface area contributed by atoms with Crippen molar-refractivity contribution in [3.05, 3.63) is 60.2 Å². The zero-order valence-electron chi connectivity index (χ0n) is 10.7. The second kappa shape index (κ2) is 6.98. The first-order valence-corrected chi connectivity index (χ1v) is 6.04. The Kier molecular flexibility index (Phi) is 4.77. The first kappa shape index (κ1) is 13.7. The second-order valence-corrected chi connectivity index (χ2v) is 3.85. The van der Waals surface area contributed by atoms with Crippen LogP contribution in [0.15, 0.2) is 48.9 Å². The maximum absolute atomic E-state index is 11.6. The minimum absolute atomic E-state index is 0.0970. The first-order valence-electron chi connectivity index (χ1n) is 6.04. The molecule has 6 heteroatoms. The molecule has 102 valence electrons. The van der Waals surface area contributed by atoms with Gasteiger partial charge in [-0.05, 0) is 12.1 Å². The molecule has 1 aromatic heterocycles. The number of hydrogen-bond acceptors (Lipinski definition) is 5. The number of rotatable bonds is 5. The summed E-state index contributed by atoms with van der Waals surface area (Å²) in [5, 5.41) is 2.59. The van der Waals surface area contributed by atoms with Crippen LogP contribution in [0.3, 0.4) is 0 Å². The van der Waals surface area contributed by atoms with E-state index in [2.05, 4.69) is 15.3 Å². The van der Waals surface area contributed by atoms with Crippen molar-refractivity contribution in [2.75, 3.05) is 13.2 Å². The quantitative estimate of drug-likeness (QED) is 0.649. The number of amides is 1. The molecule has 2 aromatic rings. The van der Waals surface area contributed by atoms with Crippen molar-refractivity contribution in [1.82, 2.24) is 15.3 Å². The van der Waals surface area contributed by atoms with E-state index in [9.17, 15) is 9.59 Å². The average molecular weight is 271 g/mol. The van der Waals surface area contributed by atoms with Gasteiger partial charge in [0.2, 0.25) is 0 Å². The number of nitrogens with one attached hydrogen (secondary N) is 1. The summed E-state index contributed by atoms with van der Waals surface area (Å²) in [6.45, 7) is 0.313. The lowest BCUT2D eigenvalue weighted by Gasteiger charge is -2.06. The van der Waals surface area contributed by atoms with Gasteiger partial charge in [0.1, 0.15) is 12.3 Å². The van der Waals surface area contributed by atoms with E-state index >= 15 is 0 Å². The molecule has 0 saturated carbocycles. The first-order chi connectivity index (χ1) is 9.77. The lowest BCUT2D eigenvalue weighted by Crippen LogP contribution is -2.28. The molecule has 0 atom stereocenters. The zero-order valence-corrected chi connectivity index (χ0v) is 10.7. The number of benzene rings is 1. The van der Waals surface area contributed by atoms with Gasteiger partial charge in [-0.25, -0.2) is 9.78 Å². The van der Waals surface area contributed by atoms with E-state index < -0.39 is 5.97 Å². The van der Waals surface area contributed by atoms with Gasteiger partial charge in [0, 0.05) is 12.4 Å². The summed E-state index contributed by atoms with van der Waals surface area (Å²) in [7, 11) is 0. The number of carbonyl (C=O) groups is 2. The van der Waals surface area contributed by atoms with Crippen molar-refractivity contribution in [3.8, 4) is 0 Å². The molecule has 0 saturated heterocycles. The van der Waals surface area contributed by atoms with Crippen LogP contribution in [0.4, 0.5) is 0 Å². The third kappa shape index (κ3) is 3.88. The van der Waals surface area contributed by atoms with Crippen LogP contribution in [-0.2, 0) is 4.74 Å². The molecule has 0 aliphatic rings. The predicted octanol–water partition coefficient (Wildman–Crippen LogP) is 1.06. The third-order valence-corrected chi connectivity index (χ3v) is 2.43. The highest BCUT2D eigenvalue weighted by Gasteiger charge is 2.08. The average Bonchev–Trinajstić information content (AvgIpc) is 2.53. The number of aromatic nitrogens is 2. The van der Waals surface area contributed by atoms with Gasteiger partial charge >= 0.3 is 5.97 Å². The van der Waals surface area contributed by atoms with Gasteiger partial charge in [-0.2, -0.15) is 0 Å². The molecular formula is C14H13N3O3. The molecule has 0 unspecified atom stereocenters. The van der Waals surface area contributed by atoms with Crippen molar-refractivity contribution < 1.29 is 14.3 Å². The summed E-state index contributed by atoms with van der Waals surface area (Å²) in [5.74, 6) is -0.770. The Labute approximate surface area is 115 Å². The van der Waals surface area contributed by atoms with E-state index in [0.717, 1.165) is 0 Å². The third-order valence-electron chi connectivity index (χ3n) is 2.43. The van der Waals surface area contributed by atoms with Crippen LogP contribution >= 0.6 is 0 Å². The lowest BCUT2D eigenvalue weighted by atomic mass is 10.2. The highest BCUT2D eigenvalue weighted by Crippen LogP contribution is 2.00. The normalized spacial score (nSPS) is 9.80. The van der Waals surface area contributed by atoms with Crippen LogP contribution in [0.25, 0.3) is 0 Å². The summed E-state index contributed by atoms with van der Waals surface area (Å²) in [4.78, 5) is 30.9. The molecule has 0 fully saturated rings. The molecule has 20 heavy (non-hydrogen) atoms. The van der Waals surface area contributed by atoms with Gasteiger partial charge in [-0.15, -0.1) is 0 Å². The molecule has 0 aliphatic heterocycles. The van der Waals surface area contributed by atoms with E-state index in [4.69, 9.17) is 4.74 Å². The topological polar surface area (TPSA) is 81.2 Å². The van der Waals surface area contributed by atoms with Gasteiger partial charge in [-0.3, -0.25) is 9.78 Å². The smallest absolute Gasteiger partial charge is 0.338 e. The van der Waals surface area contributed by atoms with Crippen LogP contribution in [0.1, 0.15) is 20.8 Å². The van der Waals surface area contributed by atoms with E-state index in [1.54, 1.807) is 24.3 Å². The Morgan fingerprint density at radius 3 is 2.65 bits per heavy atom. The minimum Gasteiger partial charge on any atom is -0.460 e. The molecule has 0 aliphatic carbocycles. The van der Waals surface area contributed by atoms with Crippen molar-refractivity contribution in [2.45, 2.75) is 0 Å². The monoisotopic (exact) mass is 271 g/mol. The number of esters is 1. The number of nitrogens with zero attached hydrogens (tertiary/aromatic N) is 2. The van der Waals surface area contributed by atoms with Crippen molar-refractivity contribution >= 4 is 11.9 Å². The van der Waals surface area contributed by atoms with E-state index in [1.807, 2.05) is 6.07 Å². The molecule has 0 spiro atoms. The number of hydrogen-bond donors (Lipinski definition) is 1. The molecule has 2 rings (SSSR count). The fraction of sp³-hybridized carbons (Fsp3) is 0.143. The molecule has 1 N–H and O–H groups in total. The van der Waals surface area contributed by atoms with Crippen LogP contribution < -0.4 is 5.32 Å². The summed E-state index contributed by atoms with van der Waals surface area (Å²) >= 11 is 0. The summed E-state index contributed by atoms with van der Waals surface area (Å²) in [6, 6.07) is 8.66. The largest absolute Gasteiger partial charge is 0.460 e. The van der Waals surface area contributed by atoms with Gasteiger partial charge in [0.25, 0.3) is 5.91 Å². The summed E-state index contributed by atoms with van der Waals surface area (Å²) in [5.41, 5.74) is 0.703. The highest BCUT2D eigenvalue weighted by molar-refractivity contribution is 5.92. The van der Waals surface area contributed by atoms with E-state index in [0.29, 0.717) is 5.56 Å². The minimum atomic E-state index is -0.417. The Morgan fingerprint density at radius 2 is 1.95 bits per heavy atom. The second-order valence-electron chi connectivity index (χ2n) is 3.85. The van der Waals surface area contributed by atoms with Gasteiger partial charge in [0.05, 0.1) is 18.3 Å². The molecule has 6 nitrogen and oxygen atoms in total. The van der Waals surface area contributed by atoms with Crippen LogP contribution in [-0.4, -0.2) is 35.0 Å². The van der Waals surface area contributed by atoms with Gasteiger partial charge in [0.15, 0.2) is 0 Å². The van der Waals surface area contributed by atoms with Crippen molar-refractivity contribution in [1.29, 1.82) is 0 Å². The molecular weight excluding hydrogens is 258 g/mol. The van der Waals surface area contributed by atoms with E-state index in [-0.39, 0.29) is 24.8 Å². The van der Waals surface area contributed by atoms with Crippen LogP contribution in [0.5, 0.6) is 0 Å². The molecule has 1 amide bonds. The Morgan fingerprint density at radius 1 is 1.15 bits per heavy atom. The van der Waals surface area contributed by atoms with Crippen molar-refractivity contribution in [3.63, 3.8) is 0 Å². The maximum Gasteiger partial charge on any atom is 0.338 e. The molecule has 0 bridgehead atoms. The summed E-state index contributed by atoms with van der Waals surface area (Å²) in [6.07, 6.45) is 4.29. The van der Waals surface area contributed by atoms with Crippen LogP contribution in [0, 0.1) is 0 Å². The predicted molar refractivity (Wildman–Crippen MR) is 71.1 cm³/mol. The fourth-order valence-corrected chi connectivity index (χ4v) is 1.47. The SMILES string of the molecule is O=C(OCCNC(=O)c1cnccn1)c1ccccc1. The Balaban J connectivity index is 1.72. The number of carbonyl (C=O) groups excluding carboxylic acids is 2. The molecule has 0 radical (unpaired) electrons. The van der Waals surface area contributed by atoms with E-state index in [1.165, 1.54) is 18.6 Å². The molecule has 1 aromatic carbocycles. The van der Waals surface area contributed by atoms with Gasteiger partial charge < -0.3 is 10.1 Å². The lowest BCUT2D eigenvalue weighted by molar-refractivity contribution is 0.0503. The maximum atomic E-state index is 11.6.